The van der Waals surface area contributed by atoms with Crippen molar-refractivity contribution >= 4 is 57.8 Å². The summed E-state index contributed by atoms with van der Waals surface area (Å²) in [5.41, 5.74) is 3.19. The highest BCUT2D eigenvalue weighted by molar-refractivity contribution is 8.18. The molecule has 41 heavy (non-hydrogen) atoms. The van der Waals surface area contributed by atoms with Crippen LogP contribution in [0.15, 0.2) is 106 Å². The Kier molecular flexibility index (Phi) is 9.19. The minimum atomic E-state index is -0.164. The van der Waals surface area contributed by atoms with Gasteiger partial charge >= 0.3 is 0 Å². The van der Waals surface area contributed by atoms with Crippen LogP contribution in [0.1, 0.15) is 22.5 Å². The van der Waals surface area contributed by atoms with E-state index in [9.17, 15) is 4.79 Å². The summed E-state index contributed by atoms with van der Waals surface area (Å²) in [6, 6.07) is 22.3. The number of benzene rings is 3. The van der Waals surface area contributed by atoms with E-state index in [0.717, 1.165) is 22.4 Å². The average molecular weight is 606 g/mol. The number of furan rings is 1. The normalized spacial score (nSPS) is 15.1. The number of amidine groups is 1. The molecule has 208 valence electrons. The van der Waals surface area contributed by atoms with Crippen LogP contribution in [0.25, 0.3) is 6.08 Å². The fourth-order valence-corrected chi connectivity index (χ4v) is 5.69. The Balaban J connectivity index is 1.47. The summed E-state index contributed by atoms with van der Waals surface area (Å²) in [4.78, 5) is 20.5. The van der Waals surface area contributed by atoms with E-state index in [0.29, 0.717) is 43.8 Å². The molecular formula is C32H26Cl2N2O4S. The van der Waals surface area contributed by atoms with Gasteiger partial charge in [-0.25, -0.2) is 4.99 Å². The van der Waals surface area contributed by atoms with Gasteiger partial charge in [0, 0.05) is 21.2 Å². The van der Waals surface area contributed by atoms with Crippen LogP contribution in [0.3, 0.4) is 0 Å². The second-order valence-corrected chi connectivity index (χ2v) is 10.9. The number of rotatable bonds is 10. The van der Waals surface area contributed by atoms with Gasteiger partial charge in [0.05, 0.1) is 30.5 Å². The van der Waals surface area contributed by atoms with Crippen molar-refractivity contribution < 1.29 is 18.7 Å². The van der Waals surface area contributed by atoms with E-state index in [1.165, 1.54) is 11.8 Å². The second-order valence-electron chi connectivity index (χ2n) is 9.04. The van der Waals surface area contributed by atoms with Gasteiger partial charge in [-0.3, -0.25) is 9.69 Å². The molecule has 0 aliphatic carbocycles. The number of carbonyl (C=O) groups excluding carboxylic acids is 1. The molecule has 0 N–H and O–H groups in total. The Morgan fingerprint density at radius 3 is 2.59 bits per heavy atom. The summed E-state index contributed by atoms with van der Waals surface area (Å²) < 4.78 is 17.4. The van der Waals surface area contributed by atoms with Gasteiger partial charge in [-0.1, -0.05) is 53.5 Å². The molecule has 0 unspecified atom stereocenters. The van der Waals surface area contributed by atoms with Crippen molar-refractivity contribution in [1.82, 2.24) is 4.90 Å². The molecule has 1 amide bonds. The predicted octanol–water partition coefficient (Wildman–Crippen LogP) is 8.71. The molecule has 3 aromatic carbocycles. The molecule has 1 aliphatic heterocycles. The zero-order chi connectivity index (χ0) is 28.8. The monoisotopic (exact) mass is 604 g/mol. The lowest BCUT2D eigenvalue weighted by Gasteiger charge is -2.16. The van der Waals surface area contributed by atoms with Crippen molar-refractivity contribution in [2.24, 2.45) is 4.99 Å². The number of hydrogen-bond donors (Lipinski definition) is 0. The van der Waals surface area contributed by atoms with Crippen LogP contribution in [-0.2, 0) is 24.4 Å². The number of aliphatic imine (C=N–C) groups is 1. The summed E-state index contributed by atoms with van der Waals surface area (Å²) in [6.45, 7) is 4.40. The molecule has 1 saturated heterocycles. The van der Waals surface area contributed by atoms with Crippen LogP contribution in [-0.4, -0.2) is 23.1 Å². The maximum absolute atomic E-state index is 13.6. The molecule has 1 fully saturated rings. The SMILES string of the molecule is C=CCc1cc(/C=C2/SC(=Nc3ccccc3)N(Cc3ccco3)C2=O)cc(OC)c1OCc1ccc(Cl)cc1Cl. The predicted molar refractivity (Wildman–Crippen MR) is 166 cm³/mol. The highest BCUT2D eigenvalue weighted by atomic mass is 35.5. The first-order valence-corrected chi connectivity index (χ1v) is 14.3. The van der Waals surface area contributed by atoms with Crippen LogP contribution in [0, 0.1) is 0 Å². The number of nitrogens with zero attached hydrogens (tertiary/aromatic N) is 2. The summed E-state index contributed by atoms with van der Waals surface area (Å²) >= 11 is 13.7. The second kappa shape index (κ2) is 13.2. The standard InChI is InChI=1S/C32H26Cl2N2O4S/c1-3-8-22-15-21(16-28(38-2)30(22)40-20-23-12-13-24(33)18-27(23)34)17-29-31(37)36(19-26-11-7-14-39-26)32(41-29)35-25-9-5-4-6-10-25/h3-7,9-18H,1,8,19-20H2,2H3/b29-17+,35-32?. The molecule has 0 bridgehead atoms. The Morgan fingerprint density at radius 1 is 1.05 bits per heavy atom. The first-order chi connectivity index (χ1) is 19.9. The van der Waals surface area contributed by atoms with Crippen LogP contribution >= 0.6 is 35.0 Å². The first kappa shape index (κ1) is 28.6. The van der Waals surface area contributed by atoms with E-state index in [1.54, 1.807) is 42.5 Å². The minimum Gasteiger partial charge on any atom is -0.493 e. The fraction of sp³-hybridized carbons (Fsp3) is 0.125. The third kappa shape index (κ3) is 6.88. The van der Waals surface area contributed by atoms with Crippen LogP contribution in [0.5, 0.6) is 11.5 Å². The van der Waals surface area contributed by atoms with E-state index in [2.05, 4.69) is 6.58 Å². The maximum atomic E-state index is 13.6. The lowest BCUT2D eigenvalue weighted by Crippen LogP contribution is -2.28. The summed E-state index contributed by atoms with van der Waals surface area (Å²) in [6.07, 6.45) is 5.75. The van der Waals surface area contributed by atoms with Gasteiger partial charge in [0.15, 0.2) is 16.7 Å². The first-order valence-electron chi connectivity index (χ1n) is 12.7. The zero-order valence-electron chi connectivity index (χ0n) is 22.2. The van der Waals surface area contributed by atoms with E-state index < -0.39 is 0 Å². The lowest BCUT2D eigenvalue weighted by molar-refractivity contribution is -0.122. The van der Waals surface area contributed by atoms with Crippen molar-refractivity contribution in [3.63, 3.8) is 0 Å². The Bertz CT molecular complexity index is 1620. The van der Waals surface area contributed by atoms with Crippen LogP contribution in [0.4, 0.5) is 5.69 Å². The molecule has 1 aromatic heterocycles. The highest BCUT2D eigenvalue weighted by Gasteiger charge is 2.34. The zero-order valence-corrected chi connectivity index (χ0v) is 24.5. The van der Waals surface area contributed by atoms with Crippen molar-refractivity contribution in [3.05, 3.63) is 129 Å². The van der Waals surface area contributed by atoms with E-state index >= 15 is 0 Å². The quantitative estimate of drug-likeness (QED) is 0.134. The van der Waals surface area contributed by atoms with Gasteiger partial charge in [-0.05, 0) is 78.4 Å². The smallest absolute Gasteiger partial charge is 0.267 e. The molecule has 5 rings (SSSR count). The third-order valence-electron chi connectivity index (χ3n) is 6.19. The Morgan fingerprint density at radius 2 is 1.88 bits per heavy atom. The molecule has 0 radical (unpaired) electrons. The van der Waals surface area contributed by atoms with Gasteiger partial charge in [0.2, 0.25) is 0 Å². The summed E-state index contributed by atoms with van der Waals surface area (Å²) in [7, 11) is 1.58. The lowest BCUT2D eigenvalue weighted by atomic mass is 10.0. The van der Waals surface area contributed by atoms with E-state index in [1.807, 2.05) is 60.7 Å². The topological polar surface area (TPSA) is 64.3 Å². The highest BCUT2D eigenvalue weighted by Crippen LogP contribution is 2.39. The number of thioether (sulfide) groups is 1. The number of hydrogen-bond acceptors (Lipinski definition) is 6. The fourth-order valence-electron chi connectivity index (χ4n) is 4.23. The van der Waals surface area contributed by atoms with Gasteiger partial charge in [0.1, 0.15) is 12.4 Å². The van der Waals surface area contributed by atoms with Gasteiger partial charge in [-0.2, -0.15) is 0 Å². The van der Waals surface area contributed by atoms with Gasteiger partial charge in [0.25, 0.3) is 5.91 Å². The minimum absolute atomic E-state index is 0.164. The van der Waals surface area contributed by atoms with Crippen molar-refractivity contribution in [2.75, 3.05) is 7.11 Å². The number of halogens is 2. The molecule has 1 aliphatic rings. The number of allylic oxidation sites excluding steroid dienone is 1. The number of ether oxygens (including phenoxy) is 2. The summed E-state index contributed by atoms with van der Waals surface area (Å²) in [5, 5.41) is 1.65. The number of para-hydroxylation sites is 1. The molecule has 0 atom stereocenters. The van der Waals surface area contributed by atoms with Crippen molar-refractivity contribution in [2.45, 2.75) is 19.6 Å². The molecule has 0 spiro atoms. The number of methoxy groups -OCH3 is 1. The van der Waals surface area contributed by atoms with Crippen molar-refractivity contribution in [3.8, 4) is 11.5 Å². The molecule has 4 aromatic rings. The van der Waals surface area contributed by atoms with E-state index in [4.69, 9.17) is 42.1 Å². The average Bonchev–Trinajstić information content (AvgIpc) is 3.58. The number of carbonyl (C=O) groups is 1. The van der Waals surface area contributed by atoms with Crippen LogP contribution in [0.2, 0.25) is 10.0 Å². The van der Waals surface area contributed by atoms with Crippen LogP contribution < -0.4 is 9.47 Å². The molecule has 6 nitrogen and oxygen atoms in total. The number of amides is 1. The Hall–Kier alpha value is -3.91. The largest absolute Gasteiger partial charge is 0.493 e. The summed E-state index contributed by atoms with van der Waals surface area (Å²) in [5.74, 6) is 1.61. The molecule has 2 heterocycles. The maximum Gasteiger partial charge on any atom is 0.267 e. The van der Waals surface area contributed by atoms with Gasteiger partial charge in [-0.15, -0.1) is 6.58 Å². The van der Waals surface area contributed by atoms with Gasteiger partial charge < -0.3 is 13.9 Å². The Labute approximate surface area is 252 Å². The van der Waals surface area contributed by atoms with E-state index in [-0.39, 0.29) is 19.1 Å². The molecule has 0 saturated carbocycles. The molecular weight excluding hydrogens is 579 g/mol. The van der Waals surface area contributed by atoms with Crippen molar-refractivity contribution in [1.29, 1.82) is 0 Å². The third-order valence-corrected chi connectivity index (χ3v) is 7.78. The molecule has 9 heteroatoms.